The van der Waals surface area contributed by atoms with Gasteiger partial charge in [-0.3, -0.25) is 4.79 Å². The molecule has 0 N–H and O–H groups in total. The molecule has 0 aromatic carbocycles. The van der Waals surface area contributed by atoms with Gasteiger partial charge in [-0.15, -0.1) is 0 Å². The van der Waals surface area contributed by atoms with Gasteiger partial charge in [0, 0.05) is 6.42 Å². The van der Waals surface area contributed by atoms with E-state index in [4.69, 9.17) is 4.74 Å². The predicted molar refractivity (Wildman–Crippen MR) is 43.5 cm³/mol. The number of rotatable bonds is 4. The van der Waals surface area contributed by atoms with Gasteiger partial charge in [-0.1, -0.05) is 6.92 Å². The highest BCUT2D eigenvalue weighted by molar-refractivity contribution is 5.82. The zero-order valence-corrected chi connectivity index (χ0v) is 7.30. The second-order valence-corrected chi connectivity index (χ2v) is 3.15. The number of hydrogen-bond donors (Lipinski definition) is 0. The fourth-order valence-corrected chi connectivity index (χ4v) is 1.16. The lowest BCUT2D eigenvalue weighted by atomic mass is 9.96. The molecule has 11 heavy (non-hydrogen) atoms. The van der Waals surface area contributed by atoms with Crippen LogP contribution in [0.25, 0.3) is 0 Å². The van der Waals surface area contributed by atoms with Crippen molar-refractivity contribution in [3.05, 3.63) is 0 Å². The maximum atomic E-state index is 11.1. The first kappa shape index (κ1) is 8.72. The highest BCUT2D eigenvalue weighted by atomic mass is 16.5. The third kappa shape index (κ3) is 2.29. The standard InChI is InChI=1S/C9H16O2/c1-3-9(10)7(2)11-8-5-4-6-8/h7-8H,3-6H2,1-2H3. The van der Waals surface area contributed by atoms with E-state index >= 15 is 0 Å². The Hall–Kier alpha value is -0.370. The minimum atomic E-state index is -0.176. The summed E-state index contributed by atoms with van der Waals surface area (Å²) in [6.45, 7) is 3.73. The maximum absolute atomic E-state index is 11.1. The molecule has 1 atom stereocenters. The third-order valence-corrected chi connectivity index (χ3v) is 2.25. The van der Waals surface area contributed by atoms with Gasteiger partial charge in [-0.25, -0.2) is 0 Å². The van der Waals surface area contributed by atoms with Gasteiger partial charge in [0.2, 0.25) is 0 Å². The molecule has 0 saturated heterocycles. The van der Waals surface area contributed by atoms with E-state index in [0.717, 1.165) is 12.8 Å². The van der Waals surface area contributed by atoms with Gasteiger partial charge in [0.05, 0.1) is 6.10 Å². The van der Waals surface area contributed by atoms with Crippen LogP contribution in [0.1, 0.15) is 39.5 Å². The molecule has 1 aliphatic rings. The molecule has 2 heteroatoms. The van der Waals surface area contributed by atoms with Crippen molar-refractivity contribution in [3.8, 4) is 0 Å². The molecule has 0 heterocycles. The summed E-state index contributed by atoms with van der Waals surface area (Å²) in [6, 6.07) is 0. The van der Waals surface area contributed by atoms with Gasteiger partial charge < -0.3 is 4.74 Å². The topological polar surface area (TPSA) is 26.3 Å². The van der Waals surface area contributed by atoms with E-state index in [1.54, 1.807) is 0 Å². The van der Waals surface area contributed by atoms with Gasteiger partial charge in [0.1, 0.15) is 6.10 Å². The molecule has 0 radical (unpaired) electrons. The van der Waals surface area contributed by atoms with Crippen LogP contribution in [0.15, 0.2) is 0 Å². The third-order valence-electron chi connectivity index (χ3n) is 2.25. The van der Waals surface area contributed by atoms with Crippen LogP contribution in [0.5, 0.6) is 0 Å². The van der Waals surface area contributed by atoms with Crippen molar-refractivity contribution in [3.63, 3.8) is 0 Å². The fourth-order valence-electron chi connectivity index (χ4n) is 1.16. The van der Waals surface area contributed by atoms with Gasteiger partial charge in [-0.05, 0) is 26.2 Å². The van der Waals surface area contributed by atoms with Crippen LogP contribution in [0.4, 0.5) is 0 Å². The first-order valence-corrected chi connectivity index (χ1v) is 4.42. The van der Waals surface area contributed by atoms with E-state index in [9.17, 15) is 4.79 Å². The first-order chi connectivity index (χ1) is 5.24. The minimum Gasteiger partial charge on any atom is -0.368 e. The summed E-state index contributed by atoms with van der Waals surface area (Å²) >= 11 is 0. The minimum absolute atomic E-state index is 0.176. The number of Topliss-reactive ketones (excluding diaryl/α,β-unsaturated/α-hetero) is 1. The normalized spacial score (nSPS) is 20.9. The van der Waals surface area contributed by atoms with Gasteiger partial charge in [0.25, 0.3) is 0 Å². The van der Waals surface area contributed by atoms with Crippen LogP contribution in [0.3, 0.4) is 0 Å². The largest absolute Gasteiger partial charge is 0.368 e. The summed E-state index contributed by atoms with van der Waals surface area (Å²) in [5.41, 5.74) is 0. The molecule has 1 aliphatic carbocycles. The Kier molecular flexibility index (Phi) is 3.06. The van der Waals surface area contributed by atoms with E-state index in [0.29, 0.717) is 12.5 Å². The van der Waals surface area contributed by atoms with E-state index in [1.165, 1.54) is 6.42 Å². The molecule has 1 saturated carbocycles. The second kappa shape index (κ2) is 3.86. The summed E-state index contributed by atoms with van der Waals surface area (Å²) in [5, 5.41) is 0. The van der Waals surface area contributed by atoms with Crippen molar-refractivity contribution in [2.24, 2.45) is 0 Å². The van der Waals surface area contributed by atoms with E-state index < -0.39 is 0 Å². The molecule has 1 unspecified atom stereocenters. The molecule has 0 aliphatic heterocycles. The lowest BCUT2D eigenvalue weighted by Crippen LogP contribution is -2.30. The molecular formula is C9H16O2. The molecule has 2 nitrogen and oxygen atoms in total. The average Bonchev–Trinajstić information content (AvgIpc) is 1.94. The van der Waals surface area contributed by atoms with Crippen molar-refractivity contribution in [2.75, 3.05) is 0 Å². The Balaban J connectivity index is 2.18. The van der Waals surface area contributed by atoms with Gasteiger partial charge in [0.15, 0.2) is 5.78 Å². The molecule has 0 aromatic rings. The average molecular weight is 156 g/mol. The van der Waals surface area contributed by atoms with E-state index in [1.807, 2.05) is 13.8 Å². The van der Waals surface area contributed by atoms with Crippen LogP contribution in [0.2, 0.25) is 0 Å². The molecule has 1 fully saturated rings. The lowest BCUT2D eigenvalue weighted by molar-refractivity contribution is -0.136. The Bertz CT molecular complexity index is 138. The number of carbonyl (C=O) groups excluding carboxylic acids is 1. The molecule has 0 amide bonds. The highest BCUT2D eigenvalue weighted by Crippen LogP contribution is 2.23. The molecule has 64 valence electrons. The zero-order valence-electron chi connectivity index (χ0n) is 7.30. The SMILES string of the molecule is CCC(=O)C(C)OC1CCC1. The predicted octanol–water partition coefficient (Wildman–Crippen LogP) is 1.92. The molecule has 0 spiro atoms. The van der Waals surface area contributed by atoms with Gasteiger partial charge >= 0.3 is 0 Å². The highest BCUT2D eigenvalue weighted by Gasteiger charge is 2.22. The second-order valence-electron chi connectivity index (χ2n) is 3.15. The molecule has 0 aromatic heterocycles. The fraction of sp³-hybridized carbons (Fsp3) is 0.889. The maximum Gasteiger partial charge on any atom is 0.161 e. The first-order valence-electron chi connectivity index (χ1n) is 4.42. The van der Waals surface area contributed by atoms with Crippen molar-refractivity contribution in [2.45, 2.75) is 51.7 Å². The van der Waals surface area contributed by atoms with Crippen LogP contribution in [-0.2, 0) is 9.53 Å². The van der Waals surface area contributed by atoms with Crippen molar-refractivity contribution < 1.29 is 9.53 Å². The summed E-state index contributed by atoms with van der Waals surface area (Å²) in [4.78, 5) is 11.1. The quantitative estimate of drug-likeness (QED) is 0.621. The summed E-state index contributed by atoms with van der Waals surface area (Å²) in [5.74, 6) is 0.219. The number of carbonyl (C=O) groups is 1. The van der Waals surface area contributed by atoms with E-state index in [2.05, 4.69) is 0 Å². The molecule has 0 bridgehead atoms. The van der Waals surface area contributed by atoms with Gasteiger partial charge in [-0.2, -0.15) is 0 Å². The Morgan fingerprint density at radius 1 is 1.64 bits per heavy atom. The van der Waals surface area contributed by atoms with Crippen LogP contribution >= 0.6 is 0 Å². The Labute approximate surface area is 67.9 Å². The van der Waals surface area contributed by atoms with E-state index in [-0.39, 0.29) is 11.9 Å². The summed E-state index contributed by atoms with van der Waals surface area (Å²) < 4.78 is 5.49. The molecular weight excluding hydrogens is 140 g/mol. The number of ketones is 1. The lowest BCUT2D eigenvalue weighted by Gasteiger charge is -2.28. The van der Waals surface area contributed by atoms with Crippen molar-refractivity contribution in [1.82, 2.24) is 0 Å². The monoisotopic (exact) mass is 156 g/mol. The van der Waals surface area contributed by atoms with Crippen LogP contribution < -0.4 is 0 Å². The Morgan fingerprint density at radius 2 is 2.27 bits per heavy atom. The smallest absolute Gasteiger partial charge is 0.161 e. The summed E-state index contributed by atoms with van der Waals surface area (Å²) in [6.07, 6.45) is 4.33. The van der Waals surface area contributed by atoms with Crippen molar-refractivity contribution >= 4 is 5.78 Å². The van der Waals surface area contributed by atoms with Crippen LogP contribution in [0, 0.1) is 0 Å². The Morgan fingerprint density at radius 3 is 2.64 bits per heavy atom. The van der Waals surface area contributed by atoms with Crippen molar-refractivity contribution in [1.29, 1.82) is 0 Å². The summed E-state index contributed by atoms with van der Waals surface area (Å²) in [7, 11) is 0. The molecule has 1 rings (SSSR count). The number of ether oxygens (including phenoxy) is 1. The number of hydrogen-bond acceptors (Lipinski definition) is 2. The van der Waals surface area contributed by atoms with Crippen LogP contribution in [-0.4, -0.2) is 18.0 Å². The zero-order chi connectivity index (χ0) is 8.27.